The van der Waals surface area contributed by atoms with Crippen LogP contribution in [-0.2, 0) is 30.2 Å². The molecule has 0 heterocycles. The first-order valence-corrected chi connectivity index (χ1v) is 15.2. The zero-order valence-electron chi connectivity index (χ0n) is 23.6. The van der Waals surface area contributed by atoms with E-state index in [0.29, 0.717) is 0 Å². The molecule has 0 aliphatic heterocycles. The van der Waals surface area contributed by atoms with Crippen molar-refractivity contribution in [1.29, 1.82) is 0 Å². The van der Waals surface area contributed by atoms with Gasteiger partial charge in [0.15, 0.2) is 0 Å². The second-order valence-electron chi connectivity index (χ2n) is 9.50. The Balaban J connectivity index is 0.000000221. The SMILES string of the molecule is CC(/C=C(/C)[N-]Cc1ccccc1)=NCc1ccccc1.[Cu+].c1ccc([PH+](c2ccccc2)c2ccccc2)cc1. The van der Waals surface area contributed by atoms with E-state index in [2.05, 4.69) is 126 Å². The maximum absolute atomic E-state index is 4.57. The van der Waals surface area contributed by atoms with E-state index in [4.69, 9.17) is 0 Å². The van der Waals surface area contributed by atoms with Crippen LogP contribution in [0.3, 0.4) is 0 Å². The molecule has 0 N–H and O–H groups in total. The van der Waals surface area contributed by atoms with Crippen LogP contribution in [0.4, 0.5) is 0 Å². The fourth-order valence-electron chi connectivity index (χ4n) is 4.31. The second-order valence-corrected chi connectivity index (χ2v) is 12.0. The van der Waals surface area contributed by atoms with E-state index < -0.39 is 7.92 Å². The topological polar surface area (TPSA) is 26.5 Å². The van der Waals surface area contributed by atoms with Crippen molar-refractivity contribution in [2.24, 2.45) is 4.99 Å². The normalized spacial score (nSPS) is 11.2. The minimum atomic E-state index is -0.877. The molecule has 2 nitrogen and oxygen atoms in total. The van der Waals surface area contributed by atoms with Gasteiger partial charge in [-0.15, -0.1) is 6.54 Å². The summed E-state index contributed by atoms with van der Waals surface area (Å²) in [5, 5.41) is 8.87. The Morgan fingerprint density at radius 2 is 0.927 bits per heavy atom. The molecule has 0 radical (unpaired) electrons. The molecule has 0 saturated heterocycles. The van der Waals surface area contributed by atoms with Gasteiger partial charge in [-0.1, -0.05) is 134 Å². The van der Waals surface area contributed by atoms with Crippen LogP contribution in [0.15, 0.2) is 168 Å². The zero-order valence-corrected chi connectivity index (χ0v) is 25.6. The second kappa shape index (κ2) is 17.8. The van der Waals surface area contributed by atoms with Gasteiger partial charge in [0, 0.05) is 5.71 Å². The number of hydrogen-bond acceptors (Lipinski definition) is 1. The first-order chi connectivity index (χ1) is 19.7. The Bertz CT molecular complexity index is 1360. The van der Waals surface area contributed by atoms with Crippen molar-refractivity contribution < 1.29 is 17.1 Å². The molecular weight excluding hydrogens is 567 g/mol. The van der Waals surface area contributed by atoms with E-state index in [1.807, 2.05) is 56.3 Å². The molecule has 0 aliphatic carbocycles. The van der Waals surface area contributed by atoms with E-state index in [1.165, 1.54) is 27.0 Å². The van der Waals surface area contributed by atoms with Gasteiger partial charge >= 0.3 is 17.1 Å². The molecule has 210 valence electrons. The Kier molecular flexibility index (Phi) is 13.8. The number of allylic oxidation sites excluding steroid dienone is 2. The van der Waals surface area contributed by atoms with Gasteiger partial charge in [-0.3, -0.25) is 4.99 Å². The quantitative estimate of drug-likeness (QED) is 0.0920. The van der Waals surface area contributed by atoms with Crippen molar-refractivity contribution in [3.05, 3.63) is 180 Å². The molecule has 0 amide bonds. The summed E-state index contributed by atoms with van der Waals surface area (Å²) in [6.07, 6.45) is 2.03. The molecule has 5 aromatic carbocycles. The first kappa shape index (κ1) is 31.8. The predicted molar refractivity (Wildman–Crippen MR) is 177 cm³/mol. The summed E-state index contributed by atoms with van der Waals surface area (Å²) in [7, 11) is -0.877. The summed E-state index contributed by atoms with van der Waals surface area (Å²) >= 11 is 0. The summed E-state index contributed by atoms with van der Waals surface area (Å²) in [6.45, 7) is 5.47. The molecule has 5 rings (SSSR count). The van der Waals surface area contributed by atoms with Crippen LogP contribution in [0.2, 0.25) is 0 Å². The van der Waals surface area contributed by atoms with E-state index in [0.717, 1.165) is 24.5 Å². The van der Waals surface area contributed by atoms with Crippen molar-refractivity contribution in [3.8, 4) is 0 Å². The van der Waals surface area contributed by atoms with Gasteiger partial charge in [-0.25, -0.2) is 0 Å². The maximum Gasteiger partial charge on any atom is 1.00 e. The molecule has 0 bridgehead atoms. The van der Waals surface area contributed by atoms with Crippen molar-refractivity contribution in [2.75, 3.05) is 0 Å². The summed E-state index contributed by atoms with van der Waals surface area (Å²) in [5.41, 5.74) is 4.47. The van der Waals surface area contributed by atoms with Crippen molar-refractivity contribution >= 4 is 29.5 Å². The maximum atomic E-state index is 4.57. The van der Waals surface area contributed by atoms with Crippen LogP contribution >= 0.6 is 7.92 Å². The fourth-order valence-corrected chi connectivity index (χ4v) is 6.88. The number of nitrogens with zero attached hydrogens (tertiary/aromatic N) is 2. The van der Waals surface area contributed by atoms with Crippen LogP contribution in [-0.4, -0.2) is 5.71 Å². The fraction of sp³-hybridized carbons (Fsp3) is 0.108. The van der Waals surface area contributed by atoms with Crippen LogP contribution in [0.25, 0.3) is 5.32 Å². The Morgan fingerprint density at radius 1 is 0.561 bits per heavy atom. The average Bonchev–Trinajstić information content (AvgIpc) is 3.02. The molecule has 0 aromatic heterocycles. The summed E-state index contributed by atoms with van der Waals surface area (Å²) < 4.78 is 0. The molecular formula is C37H37CuN2P+. The Hall–Kier alpha value is -3.74. The third-order valence-corrected chi connectivity index (χ3v) is 9.04. The zero-order chi connectivity index (χ0) is 27.8. The number of hydrogen-bond donors (Lipinski definition) is 0. The smallest absolute Gasteiger partial charge is 0.684 e. The van der Waals surface area contributed by atoms with E-state index in [-0.39, 0.29) is 17.1 Å². The molecule has 5 aromatic rings. The summed E-state index contributed by atoms with van der Waals surface area (Å²) in [5.74, 6) is 0. The van der Waals surface area contributed by atoms with Gasteiger partial charge < -0.3 is 5.32 Å². The molecule has 41 heavy (non-hydrogen) atoms. The number of aliphatic imine (C=N–C) groups is 1. The van der Waals surface area contributed by atoms with Crippen molar-refractivity contribution in [1.82, 2.24) is 0 Å². The van der Waals surface area contributed by atoms with Crippen LogP contribution < -0.4 is 15.9 Å². The largest absolute Gasteiger partial charge is 1.00 e. The Morgan fingerprint density at radius 3 is 1.34 bits per heavy atom. The molecule has 0 saturated carbocycles. The predicted octanol–water partition coefficient (Wildman–Crippen LogP) is 8.30. The standard InChI is InChI=1S/C19H21N2.C18H15P.Cu/c1-16(20-14-18-9-5-3-6-10-18)13-17(2)21-15-19-11-7-4-8-12-19;1-4-10-16(11-5-1)19(17-12-6-2-7-13-17)18-14-8-3-9-15-18;/h3-13H,14-15H2,1-2H3;1-15H;/q-1;;+1/p+1/b16-13-,21-17?;;. The minimum absolute atomic E-state index is 0. The molecule has 0 fully saturated rings. The van der Waals surface area contributed by atoms with Crippen LogP contribution in [0.5, 0.6) is 0 Å². The van der Waals surface area contributed by atoms with Crippen molar-refractivity contribution in [2.45, 2.75) is 26.9 Å². The molecule has 0 aliphatic rings. The average molecular weight is 604 g/mol. The number of benzene rings is 5. The van der Waals surface area contributed by atoms with Gasteiger partial charge in [0.05, 0.1) is 14.5 Å². The van der Waals surface area contributed by atoms with Gasteiger partial charge in [0.25, 0.3) is 0 Å². The van der Waals surface area contributed by atoms with E-state index in [9.17, 15) is 0 Å². The van der Waals surface area contributed by atoms with Gasteiger partial charge in [0.2, 0.25) is 0 Å². The molecule has 0 atom stereocenters. The third-order valence-electron chi connectivity index (χ3n) is 6.31. The molecule has 0 unspecified atom stereocenters. The van der Waals surface area contributed by atoms with Crippen molar-refractivity contribution in [3.63, 3.8) is 0 Å². The van der Waals surface area contributed by atoms with Crippen LogP contribution in [0.1, 0.15) is 25.0 Å². The van der Waals surface area contributed by atoms with E-state index in [1.54, 1.807) is 0 Å². The van der Waals surface area contributed by atoms with Gasteiger partial charge in [-0.05, 0) is 48.9 Å². The van der Waals surface area contributed by atoms with Gasteiger partial charge in [0.1, 0.15) is 15.9 Å². The Labute approximate surface area is 257 Å². The minimum Gasteiger partial charge on any atom is -0.684 e. The first-order valence-electron chi connectivity index (χ1n) is 13.7. The summed E-state index contributed by atoms with van der Waals surface area (Å²) in [4.78, 5) is 4.57. The van der Waals surface area contributed by atoms with Gasteiger partial charge in [-0.2, -0.15) is 5.70 Å². The molecule has 0 spiro atoms. The molecule has 4 heteroatoms. The number of rotatable bonds is 9. The summed E-state index contributed by atoms with van der Waals surface area (Å²) in [6, 6.07) is 53.1. The third kappa shape index (κ3) is 11.0. The van der Waals surface area contributed by atoms with E-state index >= 15 is 0 Å². The monoisotopic (exact) mass is 603 g/mol. The van der Waals surface area contributed by atoms with Crippen LogP contribution in [0, 0.1) is 0 Å².